The minimum atomic E-state index is -0.770. The fraction of sp³-hybridized carbons (Fsp3) is 0.455. The van der Waals surface area contributed by atoms with Gasteiger partial charge >= 0.3 is 0 Å². The number of rotatable bonds is 5. The van der Waals surface area contributed by atoms with E-state index in [0.717, 1.165) is 10.1 Å². The van der Waals surface area contributed by atoms with Gasteiger partial charge in [-0.1, -0.05) is 0 Å². The van der Waals surface area contributed by atoms with Crippen LogP contribution in [0.2, 0.25) is 0 Å². The lowest BCUT2D eigenvalue weighted by molar-refractivity contribution is 0.0995. The van der Waals surface area contributed by atoms with Gasteiger partial charge in [-0.3, -0.25) is 0 Å². The van der Waals surface area contributed by atoms with Crippen molar-refractivity contribution in [2.24, 2.45) is 0 Å². The Morgan fingerprint density at radius 3 is 3.06 bits per heavy atom. The van der Waals surface area contributed by atoms with Gasteiger partial charge in [0.15, 0.2) is 5.65 Å². The van der Waals surface area contributed by atoms with Gasteiger partial charge in [-0.05, 0) is 41.2 Å². The number of nitrogens with zero attached hydrogens (tertiary/aromatic N) is 3. The summed E-state index contributed by atoms with van der Waals surface area (Å²) in [6.07, 6.45) is 3.80. The van der Waals surface area contributed by atoms with Crippen molar-refractivity contribution in [1.82, 2.24) is 14.6 Å². The molecule has 2 N–H and O–H groups in total. The number of aromatic nitrogens is 3. The van der Waals surface area contributed by atoms with Crippen LogP contribution in [0.4, 0.5) is 5.95 Å². The standard InChI is InChI=1S/C11H15BrN4OS/c1-11(17,7-18-2)6-13-10-14-9-8(12)4-3-5-16(9)15-10/h3-5,17H,6-7H2,1-2H3,(H,13,15). The van der Waals surface area contributed by atoms with Gasteiger partial charge in [0.2, 0.25) is 5.95 Å². The van der Waals surface area contributed by atoms with Gasteiger partial charge < -0.3 is 10.4 Å². The van der Waals surface area contributed by atoms with E-state index in [2.05, 4.69) is 31.3 Å². The number of pyridine rings is 1. The van der Waals surface area contributed by atoms with E-state index in [1.165, 1.54) is 0 Å². The second kappa shape index (κ2) is 5.46. The number of aliphatic hydroxyl groups is 1. The molecule has 0 aliphatic carbocycles. The van der Waals surface area contributed by atoms with Crippen molar-refractivity contribution in [2.45, 2.75) is 12.5 Å². The second-order valence-electron chi connectivity index (χ2n) is 4.34. The number of thioether (sulfide) groups is 1. The third kappa shape index (κ3) is 3.15. The molecule has 2 aromatic heterocycles. The van der Waals surface area contributed by atoms with Crippen LogP contribution in [0.25, 0.3) is 5.65 Å². The maximum absolute atomic E-state index is 10.1. The van der Waals surface area contributed by atoms with Gasteiger partial charge in [0.25, 0.3) is 0 Å². The molecule has 98 valence electrons. The van der Waals surface area contributed by atoms with Gasteiger partial charge in [0.1, 0.15) is 0 Å². The molecule has 0 bridgehead atoms. The Balaban J connectivity index is 2.11. The van der Waals surface area contributed by atoms with Crippen LogP contribution in [-0.4, -0.2) is 43.9 Å². The van der Waals surface area contributed by atoms with Crippen molar-refractivity contribution in [1.29, 1.82) is 0 Å². The van der Waals surface area contributed by atoms with E-state index in [1.807, 2.05) is 24.6 Å². The number of halogens is 1. The molecule has 0 aromatic carbocycles. The maximum atomic E-state index is 10.1. The smallest absolute Gasteiger partial charge is 0.243 e. The molecule has 0 fully saturated rings. The molecule has 0 aliphatic rings. The van der Waals surface area contributed by atoms with E-state index in [0.29, 0.717) is 18.2 Å². The summed E-state index contributed by atoms with van der Waals surface area (Å²) in [5, 5.41) is 17.4. The lowest BCUT2D eigenvalue weighted by Crippen LogP contribution is -2.36. The topological polar surface area (TPSA) is 62.5 Å². The van der Waals surface area contributed by atoms with Gasteiger partial charge in [-0.15, -0.1) is 5.10 Å². The first-order chi connectivity index (χ1) is 8.52. The summed E-state index contributed by atoms with van der Waals surface area (Å²) in [6.45, 7) is 2.21. The molecule has 7 heteroatoms. The summed E-state index contributed by atoms with van der Waals surface area (Å²) in [5.74, 6) is 1.18. The van der Waals surface area contributed by atoms with Crippen LogP contribution in [0, 0.1) is 0 Å². The van der Waals surface area contributed by atoms with Crippen molar-refractivity contribution >= 4 is 39.3 Å². The summed E-state index contributed by atoms with van der Waals surface area (Å²) >= 11 is 5.03. The lowest BCUT2D eigenvalue weighted by Gasteiger charge is -2.21. The highest BCUT2D eigenvalue weighted by Crippen LogP contribution is 2.17. The molecule has 0 saturated carbocycles. The molecule has 0 spiro atoms. The largest absolute Gasteiger partial charge is 0.387 e. The Morgan fingerprint density at radius 1 is 1.61 bits per heavy atom. The number of fused-ring (bicyclic) bond motifs is 1. The average molecular weight is 331 g/mol. The van der Waals surface area contributed by atoms with Gasteiger partial charge in [-0.25, -0.2) is 4.52 Å². The number of anilines is 1. The molecule has 1 unspecified atom stereocenters. The third-order valence-electron chi connectivity index (χ3n) is 2.40. The van der Waals surface area contributed by atoms with Gasteiger partial charge in [0, 0.05) is 18.5 Å². The van der Waals surface area contributed by atoms with E-state index in [-0.39, 0.29) is 0 Å². The Labute approximate surface area is 118 Å². The highest BCUT2D eigenvalue weighted by molar-refractivity contribution is 9.10. The van der Waals surface area contributed by atoms with Crippen molar-refractivity contribution in [3.63, 3.8) is 0 Å². The highest BCUT2D eigenvalue weighted by atomic mass is 79.9. The molecule has 18 heavy (non-hydrogen) atoms. The lowest BCUT2D eigenvalue weighted by atomic mass is 10.1. The molecule has 5 nitrogen and oxygen atoms in total. The monoisotopic (exact) mass is 330 g/mol. The molecule has 2 aromatic rings. The van der Waals surface area contributed by atoms with Crippen molar-refractivity contribution in [3.8, 4) is 0 Å². The third-order valence-corrected chi connectivity index (χ3v) is 3.93. The molecule has 1 atom stereocenters. The quantitative estimate of drug-likeness (QED) is 0.878. The zero-order valence-corrected chi connectivity index (χ0v) is 12.6. The summed E-state index contributed by atoms with van der Waals surface area (Å²) in [5.41, 5.74) is -0.0155. The zero-order valence-electron chi connectivity index (χ0n) is 10.2. The van der Waals surface area contributed by atoms with E-state index < -0.39 is 5.60 Å². The number of hydrogen-bond acceptors (Lipinski definition) is 5. The van der Waals surface area contributed by atoms with Crippen LogP contribution in [0.15, 0.2) is 22.8 Å². The molecule has 2 rings (SSSR count). The van der Waals surface area contributed by atoms with E-state index in [9.17, 15) is 5.11 Å². The van der Waals surface area contributed by atoms with Crippen LogP contribution < -0.4 is 5.32 Å². The molecule has 0 saturated heterocycles. The van der Waals surface area contributed by atoms with Crippen LogP contribution >= 0.6 is 27.7 Å². The maximum Gasteiger partial charge on any atom is 0.243 e. The molecule has 0 amide bonds. The summed E-state index contributed by atoms with van der Waals surface area (Å²) in [7, 11) is 0. The molecular formula is C11H15BrN4OS. The summed E-state index contributed by atoms with van der Waals surface area (Å²) in [6, 6.07) is 3.80. The zero-order chi connectivity index (χ0) is 13.2. The minimum Gasteiger partial charge on any atom is -0.387 e. The summed E-state index contributed by atoms with van der Waals surface area (Å²) in [4.78, 5) is 4.35. The fourth-order valence-corrected chi connectivity index (χ4v) is 2.73. The fourth-order valence-electron chi connectivity index (χ4n) is 1.58. The van der Waals surface area contributed by atoms with Crippen molar-refractivity contribution in [2.75, 3.05) is 23.9 Å². The van der Waals surface area contributed by atoms with E-state index in [1.54, 1.807) is 23.2 Å². The van der Waals surface area contributed by atoms with Crippen molar-refractivity contribution < 1.29 is 5.11 Å². The average Bonchev–Trinajstić information content (AvgIpc) is 2.71. The van der Waals surface area contributed by atoms with E-state index >= 15 is 0 Å². The van der Waals surface area contributed by atoms with Crippen LogP contribution in [-0.2, 0) is 0 Å². The first-order valence-corrected chi connectivity index (χ1v) is 7.66. The predicted molar refractivity (Wildman–Crippen MR) is 78.2 cm³/mol. The van der Waals surface area contributed by atoms with Gasteiger partial charge in [0.05, 0.1) is 10.1 Å². The predicted octanol–water partition coefficient (Wildman–Crippen LogP) is 2.02. The van der Waals surface area contributed by atoms with Crippen LogP contribution in [0.3, 0.4) is 0 Å². The first-order valence-electron chi connectivity index (χ1n) is 5.48. The van der Waals surface area contributed by atoms with Crippen LogP contribution in [0.1, 0.15) is 6.92 Å². The Morgan fingerprint density at radius 2 is 2.39 bits per heavy atom. The van der Waals surface area contributed by atoms with Crippen LogP contribution in [0.5, 0.6) is 0 Å². The number of hydrogen-bond donors (Lipinski definition) is 2. The molecule has 2 heterocycles. The Bertz CT molecular complexity index is 543. The summed E-state index contributed by atoms with van der Waals surface area (Å²) < 4.78 is 2.58. The molecule has 0 radical (unpaired) electrons. The Kier molecular flexibility index (Phi) is 4.14. The SMILES string of the molecule is CSCC(C)(O)CNc1nc2c(Br)cccn2n1. The van der Waals surface area contributed by atoms with Gasteiger partial charge in [-0.2, -0.15) is 16.7 Å². The van der Waals surface area contributed by atoms with E-state index in [4.69, 9.17) is 0 Å². The normalized spacial score (nSPS) is 14.7. The van der Waals surface area contributed by atoms with Crippen molar-refractivity contribution in [3.05, 3.63) is 22.8 Å². The second-order valence-corrected chi connectivity index (χ2v) is 6.06. The minimum absolute atomic E-state index is 0.419. The first kappa shape index (κ1) is 13.6. The highest BCUT2D eigenvalue weighted by Gasteiger charge is 2.20. The Hall–Kier alpha value is -0.790. The molecular weight excluding hydrogens is 316 g/mol. The molecule has 0 aliphatic heterocycles. The number of nitrogens with one attached hydrogen (secondary N) is 1.